The number of allylic oxidation sites excluding steroid dienone is 6. The summed E-state index contributed by atoms with van der Waals surface area (Å²) in [6.07, 6.45) is 17.7. The van der Waals surface area contributed by atoms with Crippen LogP contribution < -0.4 is 4.90 Å². The monoisotopic (exact) mass is 943 g/mol. The highest BCUT2D eigenvalue weighted by atomic mass is 32.2. The van der Waals surface area contributed by atoms with Gasteiger partial charge in [-0.15, -0.1) is 4.33 Å². The van der Waals surface area contributed by atoms with Crippen LogP contribution in [-0.2, 0) is 50.6 Å². The van der Waals surface area contributed by atoms with Gasteiger partial charge in [0.25, 0.3) is 30.4 Å². The molecule has 0 amide bonds. The molecule has 14 nitrogen and oxygen atoms in total. The first kappa shape index (κ1) is 48.5. The average Bonchev–Trinajstić information content (AvgIpc) is 3.56. The minimum Gasteiger partial charge on any atom is -0.344 e. The van der Waals surface area contributed by atoms with Crippen molar-refractivity contribution in [3.8, 4) is 0 Å². The molecule has 4 N–H and O–H groups in total. The van der Waals surface area contributed by atoms with E-state index in [-0.39, 0.29) is 15.7 Å². The topological polar surface area (TPSA) is 208 Å². The highest BCUT2D eigenvalue weighted by Crippen LogP contribution is 2.52. The van der Waals surface area contributed by atoms with Gasteiger partial charge in [-0.2, -0.15) is 29.8 Å². The molecule has 0 aliphatic carbocycles. The molecule has 0 aromatic heterocycles. The Bertz CT molecular complexity index is 2900. The fourth-order valence-corrected chi connectivity index (χ4v) is 11.6. The smallest absolute Gasteiger partial charge is 0.295 e. The van der Waals surface area contributed by atoms with Crippen molar-refractivity contribution in [1.29, 1.82) is 0 Å². The Hall–Kier alpha value is -3.95. The molecule has 63 heavy (non-hydrogen) atoms. The molecule has 2 aliphatic rings. The molecule has 2 aliphatic heterocycles. The third kappa shape index (κ3) is 9.85. The Morgan fingerprint density at radius 3 is 1.92 bits per heavy atom. The molecule has 0 fully saturated rings. The minimum atomic E-state index is -4.89. The van der Waals surface area contributed by atoms with Crippen LogP contribution in [0.3, 0.4) is 0 Å². The quantitative estimate of drug-likeness (QED) is 0.0131. The van der Waals surface area contributed by atoms with Crippen LogP contribution >= 0.6 is 12.0 Å². The predicted octanol–water partition coefficient (Wildman–Crippen LogP) is 10.5. The number of hydrogen-bond donors (Lipinski definition) is 4. The number of unbranched alkanes of at least 4 members (excludes halogenated alkanes) is 6. The first-order chi connectivity index (χ1) is 29.6. The highest BCUT2D eigenvalue weighted by Gasteiger charge is 2.46. The number of benzene rings is 4. The Morgan fingerprint density at radius 1 is 0.683 bits per heavy atom. The molecule has 0 atom stereocenters. The third-order valence-corrected chi connectivity index (χ3v) is 15.2. The van der Waals surface area contributed by atoms with Gasteiger partial charge in [-0.1, -0.05) is 89.1 Å². The fourth-order valence-electron chi connectivity index (χ4n) is 9.14. The van der Waals surface area contributed by atoms with Crippen LogP contribution in [0.5, 0.6) is 0 Å². The summed E-state index contributed by atoms with van der Waals surface area (Å²) in [5.41, 5.74) is 3.53. The summed E-state index contributed by atoms with van der Waals surface area (Å²) in [6, 6.07) is 11.9. The maximum atomic E-state index is 12.6. The van der Waals surface area contributed by atoms with E-state index >= 15 is 0 Å². The van der Waals surface area contributed by atoms with E-state index in [4.69, 9.17) is 9.59 Å². The van der Waals surface area contributed by atoms with E-state index in [1.807, 2.05) is 56.4 Å². The largest absolute Gasteiger partial charge is 0.344 e. The van der Waals surface area contributed by atoms with E-state index in [1.54, 1.807) is 12.1 Å². The van der Waals surface area contributed by atoms with Gasteiger partial charge in [-0.05, 0) is 90.9 Å². The van der Waals surface area contributed by atoms with Crippen LogP contribution in [0, 0.1) is 0 Å². The fraction of sp³-hybridized carbons (Fsp3) is 0.400. The Kier molecular flexibility index (Phi) is 14.5. The van der Waals surface area contributed by atoms with Crippen LogP contribution in [-0.4, -0.2) is 67.5 Å². The molecule has 0 saturated heterocycles. The molecular formula is C45H55N2O12S4+. The number of fused-ring (bicyclic) bond motifs is 6. The van der Waals surface area contributed by atoms with Crippen molar-refractivity contribution in [2.24, 2.45) is 0 Å². The molecule has 0 unspecified atom stereocenters. The molecule has 0 bridgehead atoms. The standard InChI is InChI=1S/C45H54N2O12S4/c1-7-9-11-16-24-46-36-22-20-32-34(26-30(61(49,50)51)28-38(32)60-59-58-48)42(36)44(3,4)40(46)18-14-13-15-19-41-45(5,6)43-35-27-31(62(52,53)54)29-39(63(55,56)57)33(35)21-23-37(43)47(41)25-17-12-10-8-2/h13-15,18-23,26-29H,7-12,16-17,24-25H2,1-6H3,(H3-,48,49,50,51,52,53,54,55,56,57)/p+1. The Balaban J connectivity index is 1.45. The van der Waals surface area contributed by atoms with Gasteiger partial charge < -0.3 is 4.90 Å². The second-order valence-corrected chi connectivity index (χ2v) is 21.9. The Morgan fingerprint density at radius 2 is 1.30 bits per heavy atom. The van der Waals surface area contributed by atoms with E-state index in [2.05, 4.69) is 42.2 Å². The first-order valence-electron chi connectivity index (χ1n) is 20.9. The lowest BCUT2D eigenvalue weighted by Crippen LogP contribution is -2.28. The van der Waals surface area contributed by atoms with Crippen molar-refractivity contribution < 1.29 is 58.1 Å². The number of hydrogen-bond acceptors (Lipinski definition) is 11. The van der Waals surface area contributed by atoms with Gasteiger partial charge >= 0.3 is 0 Å². The van der Waals surface area contributed by atoms with Gasteiger partial charge in [-0.3, -0.25) is 13.7 Å². The van der Waals surface area contributed by atoms with E-state index in [0.29, 0.717) is 46.4 Å². The summed E-state index contributed by atoms with van der Waals surface area (Å²) in [4.78, 5) is 0.960. The molecule has 4 aromatic carbocycles. The van der Waals surface area contributed by atoms with Gasteiger partial charge in [0, 0.05) is 57.8 Å². The lowest BCUT2D eigenvalue weighted by Gasteiger charge is -2.27. The molecule has 6 rings (SSSR count). The molecule has 0 saturated carbocycles. The van der Waals surface area contributed by atoms with Gasteiger partial charge in [0.15, 0.2) is 5.71 Å². The van der Waals surface area contributed by atoms with Crippen molar-refractivity contribution >= 4 is 81.0 Å². The summed E-state index contributed by atoms with van der Waals surface area (Å²) in [6.45, 7) is 13.7. The van der Waals surface area contributed by atoms with Gasteiger partial charge in [-0.25, -0.2) is 5.26 Å². The summed E-state index contributed by atoms with van der Waals surface area (Å²) in [7, 11) is -14.4. The molecular weight excluding hydrogens is 889 g/mol. The Labute approximate surface area is 374 Å². The molecule has 0 radical (unpaired) electrons. The maximum Gasteiger partial charge on any atom is 0.295 e. The summed E-state index contributed by atoms with van der Waals surface area (Å²) >= 11 is 0.613. The van der Waals surface area contributed by atoms with E-state index in [1.165, 1.54) is 18.2 Å². The number of rotatable bonds is 19. The zero-order valence-corrected chi connectivity index (χ0v) is 39.4. The van der Waals surface area contributed by atoms with Crippen LogP contribution in [0.2, 0.25) is 0 Å². The van der Waals surface area contributed by atoms with Crippen molar-refractivity contribution in [1.82, 2.24) is 0 Å². The third-order valence-electron chi connectivity index (χ3n) is 12.0. The number of nitrogens with zero attached hydrogens (tertiary/aromatic N) is 2. The lowest BCUT2D eigenvalue weighted by molar-refractivity contribution is -0.438. The number of anilines is 1. The van der Waals surface area contributed by atoms with Crippen molar-refractivity contribution in [2.45, 2.75) is 123 Å². The predicted molar refractivity (Wildman–Crippen MR) is 246 cm³/mol. The van der Waals surface area contributed by atoms with Crippen molar-refractivity contribution in [2.75, 3.05) is 18.0 Å². The van der Waals surface area contributed by atoms with Crippen LogP contribution in [0.1, 0.15) is 104 Å². The van der Waals surface area contributed by atoms with Crippen molar-refractivity contribution in [3.05, 3.63) is 95.7 Å². The molecule has 4 aromatic rings. The van der Waals surface area contributed by atoms with Crippen LogP contribution in [0.4, 0.5) is 11.4 Å². The summed E-state index contributed by atoms with van der Waals surface area (Å²) in [5.74, 6) is 0. The lowest BCUT2D eigenvalue weighted by atomic mass is 9.79. The van der Waals surface area contributed by atoms with Gasteiger partial charge in [0.1, 0.15) is 11.4 Å². The molecule has 340 valence electrons. The highest BCUT2D eigenvalue weighted by molar-refractivity contribution is 7.94. The van der Waals surface area contributed by atoms with Crippen LogP contribution in [0.15, 0.2) is 104 Å². The zero-order chi connectivity index (χ0) is 46.1. The normalized spacial score (nSPS) is 17.0. The van der Waals surface area contributed by atoms with Crippen LogP contribution in [0.25, 0.3) is 21.5 Å². The maximum absolute atomic E-state index is 12.6. The van der Waals surface area contributed by atoms with E-state index in [0.717, 1.165) is 85.8 Å². The first-order valence-corrected chi connectivity index (χ1v) is 25.9. The molecule has 0 spiro atoms. The summed E-state index contributed by atoms with van der Waals surface area (Å²) in [5, 5.41) is 14.3. The minimum absolute atomic E-state index is 0.128. The van der Waals surface area contributed by atoms with Gasteiger partial charge in [0.2, 0.25) is 5.69 Å². The average molecular weight is 944 g/mol. The van der Waals surface area contributed by atoms with E-state index < -0.39 is 51.0 Å². The summed E-state index contributed by atoms with van der Waals surface area (Å²) < 4.78 is 112. The molecule has 2 heterocycles. The second kappa shape index (κ2) is 18.9. The zero-order valence-electron chi connectivity index (χ0n) is 36.2. The molecule has 18 heteroatoms. The SMILES string of the molecule is CCCCCCN1C(=CC=CC=CC2=[N+](CCCCCC)c3ccc4c(S(=O)(=O)O)cc(S(=O)(=O)O)cc4c3C2(C)C)C(C)(C)c2c1ccc1c(SOOO)cc(S(=O)(=O)O)cc21. The van der Waals surface area contributed by atoms with Crippen molar-refractivity contribution in [3.63, 3.8) is 0 Å². The van der Waals surface area contributed by atoms with E-state index in [9.17, 15) is 38.9 Å². The van der Waals surface area contributed by atoms with Gasteiger partial charge in [0.05, 0.1) is 27.2 Å². The second-order valence-electron chi connectivity index (χ2n) is 17.0.